The Labute approximate surface area is 109 Å². The number of nitrogens with one attached hydrogen (secondary N) is 1. The van der Waals surface area contributed by atoms with Crippen molar-refractivity contribution in [3.05, 3.63) is 24.3 Å². The second-order valence-corrected chi connectivity index (χ2v) is 6.24. The minimum absolute atomic E-state index is 0.388. The monoisotopic (exact) mass is 249 g/mol. The maximum atomic E-state index is 10.5. The molecule has 4 heteroatoms. The first-order valence-corrected chi connectivity index (χ1v) is 6.66. The Morgan fingerprint density at radius 2 is 1.78 bits per heavy atom. The predicted octanol–water partition coefficient (Wildman–Crippen LogP) is 1.90. The summed E-state index contributed by atoms with van der Waals surface area (Å²) in [4.78, 5) is 7.95. The van der Waals surface area contributed by atoms with Crippen molar-refractivity contribution in [2.75, 3.05) is 6.54 Å². The summed E-state index contributed by atoms with van der Waals surface area (Å²) in [5, 5.41) is 13.8. The molecule has 100 valence electrons. The van der Waals surface area contributed by atoms with Crippen molar-refractivity contribution in [1.29, 1.82) is 0 Å². The summed E-state index contributed by atoms with van der Waals surface area (Å²) in [6.07, 6.45) is 9.10. The van der Waals surface area contributed by atoms with Gasteiger partial charge in [0.2, 0.25) is 0 Å². The van der Waals surface area contributed by atoms with Crippen LogP contribution in [0.25, 0.3) is 0 Å². The van der Waals surface area contributed by atoms with Crippen molar-refractivity contribution in [2.45, 2.75) is 51.7 Å². The quantitative estimate of drug-likeness (QED) is 0.855. The molecule has 0 amide bonds. The van der Waals surface area contributed by atoms with E-state index in [2.05, 4.69) is 29.1 Å². The molecule has 1 fully saturated rings. The highest BCUT2D eigenvalue weighted by Gasteiger charge is 2.36. The third kappa shape index (κ3) is 3.75. The van der Waals surface area contributed by atoms with E-state index in [1.54, 1.807) is 12.4 Å². The van der Waals surface area contributed by atoms with Crippen LogP contribution in [0.3, 0.4) is 0 Å². The Hall–Kier alpha value is -1.00. The average molecular weight is 249 g/mol. The van der Waals surface area contributed by atoms with E-state index in [4.69, 9.17) is 0 Å². The lowest BCUT2D eigenvalue weighted by Gasteiger charge is -2.40. The summed E-state index contributed by atoms with van der Waals surface area (Å²) >= 11 is 0. The van der Waals surface area contributed by atoms with Crippen LogP contribution in [0.2, 0.25) is 0 Å². The molecule has 1 aromatic rings. The first-order valence-electron chi connectivity index (χ1n) is 6.66. The van der Waals surface area contributed by atoms with Gasteiger partial charge in [0.1, 0.15) is 6.33 Å². The summed E-state index contributed by atoms with van der Waals surface area (Å²) in [6, 6.07) is 0. The molecular formula is C14H23N3O. The molecule has 0 aliphatic heterocycles. The van der Waals surface area contributed by atoms with E-state index in [1.165, 1.54) is 6.33 Å². The minimum atomic E-state index is -0.537. The predicted molar refractivity (Wildman–Crippen MR) is 70.9 cm³/mol. The van der Waals surface area contributed by atoms with E-state index in [-0.39, 0.29) is 0 Å². The summed E-state index contributed by atoms with van der Waals surface area (Å²) in [6.45, 7) is 5.92. The normalized spacial score (nSPS) is 21.7. The SMILES string of the molecule is CC1(C)CCC(O)(CNCc2cncnc2)CC1. The van der Waals surface area contributed by atoms with E-state index in [9.17, 15) is 5.11 Å². The Balaban J connectivity index is 1.77. The fourth-order valence-corrected chi connectivity index (χ4v) is 2.43. The minimum Gasteiger partial charge on any atom is -0.389 e. The van der Waals surface area contributed by atoms with Crippen LogP contribution in [-0.4, -0.2) is 27.2 Å². The molecule has 0 radical (unpaired) electrons. The van der Waals surface area contributed by atoms with Crippen LogP contribution in [0.15, 0.2) is 18.7 Å². The van der Waals surface area contributed by atoms with Gasteiger partial charge >= 0.3 is 0 Å². The van der Waals surface area contributed by atoms with Gasteiger partial charge in [-0.3, -0.25) is 0 Å². The van der Waals surface area contributed by atoms with E-state index in [0.717, 1.165) is 31.2 Å². The lowest BCUT2D eigenvalue weighted by molar-refractivity contribution is -0.0245. The molecule has 1 aromatic heterocycles. The Bertz CT molecular complexity index is 368. The summed E-state index contributed by atoms with van der Waals surface area (Å²) in [5.74, 6) is 0. The van der Waals surface area contributed by atoms with Gasteiger partial charge in [-0.25, -0.2) is 9.97 Å². The van der Waals surface area contributed by atoms with Crippen molar-refractivity contribution in [3.8, 4) is 0 Å². The van der Waals surface area contributed by atoms with E-state index in [0.29, 0.717) is 18.5 Å². The van der Waals surface area contributed by atoms with Gasteiger partial charge in [-0.1, -0.05) is 13.8 Å². The molecule has 0 aromatic carbocycles. The van der Waals surface area contributed by atoms with E-state index < -0.39 is 5.60 Å². The molecule has 1 aliphatic carbocycles. The van der Waals surface area contributed by atoms with Crippen LogP contribution < -0.4 is 5.32 Å². The van der Waals surface area contributed by atoms with Gasteiger partial charge in [0, 0.05) is 31.0 Å². The topological polar surface area (TPSA) is 58.0 Å². The molecule has 18 heavy (non-hydrogen) atoms. The van der Waals surface area contributed by atoms with Crippen molar-refractivity contribution in [2.24, 2.45) is 5.41 Å². The van der Waals surface area contributed by atoms with Crippen LogP contribution in [0, 0.1) is 5.41 Å². The zero-order valence-corrected chi connectivity index (χ0v) is 11.3. The zero-order chi connectivity index (χ0) is 13.1. The summed E-state index contributed by atoms with van der Waals surface area (Å²) < 4.78 is 0. The number of hydrogen-bond donors (Lipinski definition) is 2. The van der Waals surface area contributed by atoms with Crippen molar-refractivity contribution in [1.82, 2.24) is 15.3 Å². The van der Waals surface area contributed by atoms with Crippen LogP contribution in [0.5, 0.6) is 0 Å². The van der Waals surface area contributed by atoms with Gasteiger partial charge in [0.05, 0.1) is 5.60 Å². The second kappa shape index (κ2) is 5.33. The summed E-state index contributed by atoms with van der Waals surface area (Å²) in [7, 11) is 0. The Morgan fingerprint density at radius 1 is 1.17 bits per heavy atom. The third-order valence-corrected chi connectivity index (χ3v) is 3.93. The maximum absolute atomic E-state index is 10.5. The molecule has 1 saturated carbocycles. The van der Waals surface area contributed by atoms with Crippen LogP contribution in [0.4, 0.5) is 0 Å². The molecule has 0 bridgehead atoms. The van der Waals surface area contributed by atoms with Crippen LogP contribution >= 0.6 is 0 Å². The standard InChI is InChI=1S/C14H23N3O/c1-13(2)3-5-14(18,6-4-13)10-15-7-12-8-16-11-17-9-12/h8-9,11,15,18H,3-7,10H2,1-2H3. The molecular weight excluding hydrogens is 226 g/mol. The van der Waals surface area contributed by atoms with Crippen LogP contribution in [-0.2, 0) is 6.54 Å². The Kier molecular flexibility index (Phi) is 3.97. The van der Waals surface area contributed by atoms with Gasteiger partial charge in [-0.15, -0.1) is 0 Å². The van der Waals surface area contributed by atoms with Gasteiger partial charge in [0.15, 0.2) is 0 Å². The second-order valence-electron chi connectivity index (χ2n) is 6.24. The van der Waals surface area contributed by atoms with Gasteiger partial charge in [-0.05, 0) is 31.1 Å². The van der Waals surface area contributed by atoms with Crippen molar-refractivity contribution >= 4 is 0 Å². The number of nitrogens with zero attached hydrogens (tertiary/aromatic N) is 2. The van der Waals surface area contributed by atoms with Crippen molar-refractivity contribution in [3.63, 3.8) is 0 Å². The highest BCUT2D eigenvalue weighted by molar-refractivity contribution is 5.02. The highest BCUT2D eigenvalue weighted by atomic mass is 16.3. The molecule has 0 unspecified atom stereocenters. The maximum Gasteiger partial charge on any atom is 0.115 e. The summed E-state index contributed by atoms with van der Waals surface area (Å²) in [5.41, 5.74) is 0.905. The number of aliphatic hydroxyl groups is 1. The molecule has 1 aliphatic rings. The average Bonchev–Trinajstić information content (AvgIpc) is 2.35. The highest BCUT2D eigenvalue weighted by Crippen LogP contribution is 2.39. The Morgan fingerprint density at radius 3 is 2.39 bits per heavy atom. The van der Waals surface area contributed by atoms with E-state index in [1.807, 2.05) is 0 Å². The molecule has 0 spiro atoms. The molecule has 4 nitrogen and oxygen atoms in total. The van der Waals surface area contributed by atoms with Gasteiger partial charge in [-0.2, -0.15) is 0 Å². The van der Waals surface area contributed by atoms with Gasteiger partial charge < -0.3 is 10.4 Å². The zero-order valence-electron chi connectivity index (χ0n) is 11.3. The van der Waals surface area contributed by atoms with Crippen LogP contribution in [0.1, 0.15) is 45.1 Å². The molecule has 0 saturated heterocycles. The molecule has 2 rings (SSSR count). The molecule has 0 atom stereocenters. The van der Waals surface area contributed by atoms with E-state index >= 15 is 0 Å². The smallest absolute Gasteiger partial charge is 0.115 e. The fourth-order valence-electron chi connectivity index (χ4n) is 2.43. The molecule has 1 heterocycles. The number of hydrogen-bond acceptors (Lipinski definition) is 4. The fraction of sp³-hybridized carbons (Fsp3) is 0.714. The van der Waals surface area contributed by atoms with Crippen molar-refractivity contribution < 1.29 is 5.11 Å². The molecule has 2 N–H and O–H groups in total. The largest absolute Gasteiger partial charge is 0.389 e. The third-order valence-electron chi connectivity index (χ3n) is 3.93. The lowest BCUT2D eigenvalue weighted by atomic mass is 9.71. The first kappa shape index (κ1) is 13.4. The number of rotatable bonds is 4. The first-order chi connectivity index (χ1) is 8.49. The number of aromatic nitrogens is 2. The van der Waals surface area contributed by atoms with Gasteiger partial charge in [0.25, 0.3) is 0 Å². The lowest BCUT2D eigenvalue weighted by Crippen LogP contribution is -2.44.